The molecule has 3 heterocycles. The highest BCUT2D eigenvalue weighted by Gasteiger charge is 2.32. The summed E-state index contributed by atoms with van der Waals surface area (Å²) in [6.45, 7) is 3.59. The van der Waals surface area contributed by atoms with Gasteiger partial charge in [0.15, 0.2) is 5.82 Å². The molecular weight excluding hydrogens is 480 g/mol. The van der Waals surface area contributed by atoms with Crippen LogP contribution < -0.4 is 20.4 Å². The molecule has 0 spiro atoms. The van der Waals surface area contributed by atoms with E-state index in [4.69, 9.17) is 0 Å². The number of halogens is 2. The van der Waals surface area contributed by atoms with Gasteiger partial charge in [-0.1, -0.05) is 12.8 Å². The van der Waals surface area contributed by atoms with Gasteiger partial charge in [-0.25, -0.2) is 13.8 Å². The van der Waals surface area contributed by atoms with Gasteiger partial charge in [0.2, 0.25) is 11.9 Å². The van der Waals surface area contributed by atoms with Crippen LogP contribution in [0.1, 0.15) is 55.3 Å². The van der Waals surface area contributed by atoms with E-state index >= 15 is 0 Å². The Labute approximate surface area is 215 Å². The van der Waals surface area contributed by atoms with Crippen LogP contribution in [0.3, 0.4) is 0 Å². The maximum absolute atomic E-state index is 14.9. The van der Waals surface area contributed by atoms with Gasteiger partial charge in [-0.15, -0.1) is 0 Å². The normalized spacial score (nSPS) is 18.7. The summed E-state index contributed by atoms with van der Waals surface area (Å²) < 4.78 is 29.8. The number of nitrogens with zero attached hydrogens (tertiary/aromatic N) is 5. The van der Waals surface area contributed by atoms with Crippen LogP contribution in [0.25, 0.3) is 0 Å². The van der Waals surface area contributed by atoms with Crippen LogP contribution >= 0.6 is 0 Å². The van der Waals surface area contributed by atoms with Crippen LogP contribution in [0.15, 0.2) is 18.3 Å². The third kappa shape index (κ3) is 5.51. The Morgan fingerprint density at radius 3 is 2.59 bits per heavy atom. The minimum absolute atomic E-state index is 0.0199. The standard InChI is InChI=1S/C26H33F2N7O2/c1-33-22-16-30-26(32-24(22)35(12-8-23(33)36)17-6-2-3-7-17)31-21-15-19(27)18(14-20(21)28)25(37)29-9-13-34-10-4-5-11-34/h14-17H,2-13H2,1H3,(H,29,37)(H,30,31,32). The summed E-state index contributed by atoms with van der Waals surface area (Å²) in [5.41, 5.74) is 0.0731. The summed E-state index contributed by atoms with van der Waals surface area (Å²) >= 11 is 0. The molecule has 198 valence electrons. The van der Waals surface area contributed by atoms with E-state index in [1.54, 1.807) is 11.9 Å². The number of rotatable bonds is 7. The van der Waals surface area contributed by atoms with Gasteiger partial charge in [0.25, 0.3) is 5.91 Å². The quantitative estimate of drug-likeness (QED) is 0.586. The number of aromatic nitrogens is 2. The SMILES string of the molecule is CN1C(=O)CCN(C2CCCC2)c2nc(Nc3cc(F)c(C(=O)NCCN4CCCC4)cc3F)ncc21. The number of carbonyl (C=O) groups excluding carboxylic acids is 2. The van der Waals surface area contributed by atoms with Crippen molar-refractivity contribution in [2.24, 2.45) is 0 Å². The molecule has 5 rings (SSSR count). The van der Waals surface area contributed by atoms with Gasteiger partial charge in [0.1, 0.15) is 17.3 Å². The zero-order valence-corrected chi connectivity index (χ0v) is 21.1. The number of hydrogen-bond donors (Lipinski definition) is 2. The van der Waals surface area contributed by atoms with Crippen molar-refractivity contribution in [3.63, 3.8) is 0 Å². The monoisotopic (exact) mass is 513 g/mol. The fourth-order valence-corrected chi connectivity index (χ4v) is 5.44. The van der Waals surface area contributed by atoms with Crippen molar-refractivity contribution in [2.75, 3.05) is 54.9 Å². The number of anilines is 4. The molecule has 3 aliphatic rings. The Morgan fingerprint density at radius 1 is 1.08 bits per heavy atom. The molecule has 0 atom stereocenters. The summed E-state index contributed by atoms with van der Waals surface area (Å²) in [5, 5.41) is 5.43. The van der Waals surface area contributed by atoms with E-state index in [2.05, 4.69) is 30.4 Å². The first-order valence-electron chi connectivity index (χ1n) is 13.1. The van der Waals surface area contributed by atoms with Crippen LogP contribution in [0.5, 0.6) is 0 Å². The Morgan fingerprint density at radius 2 is 1.84 bits per heavy atom. The Kier molecular flexibility index (Phi) is 7.50. The van der Waals surface area contributed by atoms with Crippen molar-refractivity contribution in [2.45, 2.75) is 51.0 Å². The summed E-state index contributed by atoms with van der Waals surface area (Å²) in [4.78, 5) is 39.8. The van der Waals surface area contributed by atoms with Crippen molar-refractivity contribution in [1.82, 2.24) is 20.2 Å². The first kappa shape index (κ1) is 25.3. The first-order chi connectivity index (χ1) is 17.9. The molecule has 2 aromatic rings. The fraction of sp³-hybridized carbons (Fsp3) is 0.538. The second-order valence-corrected chi connectivity index (χ2v) is 9.98. The minimum atomic E-state index is -0.838. The summed E-state index contributed by atoms with van der Waals surface area (Å²) in [6.07, 6.45) is 8.47. The summed E-state index contributed by atoms with van der Waals surface area (Å²) in [7, 11) is 1.69. The molecule has 1 aliphatic carbocycles. The van der Waals surface area contributed by atoms with E-state index < -0.39 is 17.5 Å². The molecule has 2 aliphatic heterocycles. The highest BCUT2D eigenvalue weighted by molar-refractivity contribution is 5.97. The zero-order chi connectivity index (χ0) is 25.9. The van der Waals surface area contributed by atoms with Gasteiger partial charge in [-0.2, -0.15) is 4.98 Å². The van der Waals surface area contributed by atoms with E-state index in [1.807, 2.05) is 0 Å². The van der Waals surface area contributed by atoms with Crippen LogP contribution in [0, 0.1) is 11.6 Å². The average Bonchev–Trinajstić information content (AvgIpc) is 3.59. The van der Waals surface area contributed by atoms with E-state index in [9.17, 15) is 18.4 Å². The van der Waals surface area contributed by atoms with Crippen molar-refractivity contribution < 1.29 is 18.4 Å². The second-order valence-electron chi connectivity index (χ2n) is 9.98. The maximum Gasteiger partial charge on any atom is 0.254 e. The molecule has 2 N–H and O–H groups in total. The van der Waals surface area contributed by atoms with E-state index in [0.717, 1.165) is 63.7 Å². The molecule has 1 aromatic carbocycles. The number of carbonyl (C=O) groups is 2. The minimum Gasteiger partial charge on any atom is -0.351 e. The third-order valence-corrected chi connectivity index (χ3v) is 7.55. The third-order valence-electron chi connectivity index (χ3n) is 7.55. The van der Waals surface area contributed by atoms with Crippen LogP contribution in [-0.2, 0) is 4.79 Å². The summed E-state index contributed by atoms with van der Waals surface area (Å²) in [5.74, 6) is -1.60. The lowest BCUT2D eigenvalue weighted by Gasteiger charge is -2.30. The second kappa shape index (κ2) is 11.0. The molecule has 1 saturated heterocycles. The highest BCUT2D eigenvalue weighted by atomic mass is 19.1. The Hall–Kier alpha value is -3.34. The molecule has 0 unspecified atom stereocenters. The van der Waals surface area contributed by atoms with Crippen molar-refractivity contribution >= 4 is 35.0 Å². The van der Waals surface area contributed by atoms with E-state index in [1.165, 1.54) is 6.20 Å². The van der Waals surface area contributed by atoms with Crippen LogP contribution in [0.2, 0.25) is 0 Å². The van der Waals surface area contributed by atoms with E-state index in [0.29, 0.717) is 37.6 Å². The molecule has 1 aromatic heterocycles. The molecule has 2 amide bonds. The van der Waals surface area contributed by atoms with Gasteiger partial charge in [0.05, 0.1) is 17.4 Å². The lowest BCUT2D eigenvalue weighted by Crippen LogP contribution is -2.34. The molecular formula is C26H33F2N7O2. The molecule has 1 saturated carbocycles. The molecule has 9 nitrogen and oxygen atoms in total. The number of nitrogens with one attached hydrogen (secondary N) is 2. The molecule has 0 radical (unpaired) electrons. The molecule has 2 fully saturated rings. The fourth-order valence-electron chi connectivity index (χ4n) is 5.44. The highest BCUT2D eigenvalue weighted by Crippen LogP contribution is 2.36. The molecule has 11 heteroatoms. The van der Waals surface area contributed by atoms with E-state index in [-0.39, 0.29) is 29.1 Å². The predicted octanol–water partition coefficient (Wildman–Crippen LogP) is 3.44. The Bertz CT molecular complexity index is 1170. The number of hydrogen-bond acceptors (Lipinski definition) is 7. The number of fused-ring (bicyclic) bond motifs is 1. The predicted molar refractivity (Wildman–Crippen MR) is 137 cm³/mol. The lowest BCUT2D eigenvalue weighted by molar-refractivity contribution is -0.118. The average molecular weight is 514 g/mol. The Balaban J connectivity index is 1.33. The van der Waals surface area contributed by atoms with Gasteiger partial charge < -0.3 is 25.3 Å². The topological polar surface area (TPSA) is 93.7 Å². The first-order valence-corrected chi connectivity index (χ1v) is 13.1. The van der Waals surface area contributed by atoms with Gasteiger partial charge in [-0.05, 0) is 44.8 Å². The summed E-state index contributed by atoms with van der Waals surface area (Å²) in [6, 6.07) is 2.12. The zero-order valence-electron chi connectivity index (χ0n) is 21.1. The van der Waals surface area contributed by atoms with Gasteiger partial charge in [0, 0.05) is 45.2 Å². The van der Waals surface area contributed by atoms with Gasteiger partial charge >= 0.3 is 0 Å². The lowest BCUT2D eigenvalue weighted by atomic mass is 10.1. The van der Waals surface area contributed by atoms with Crippen molar-refractivity contribution in [1.29, 1.82) is 0 Å². The smallest absolute Gasteiger partial charge is 0.254 e. The van der Waals surface area contributed by atoms with Gasteiger partial charge in [-0.3, -0.25) is 9.59 Å². The van der Waals surface area contributed by atoms with Crippen molar-refractivity contribution in [3.05, 3.63) is 35.5 Å². The van der Waals surface area contributed by atoms with Crippen LogP contribution in [-0.4, -0.2) is 72.5 Å². The molecule has 0 bridgehead atoms. The largest absolute Gasteiger partial charge is 0.351 e. The molecule has 37 heavy (non-hydrogen) atoms. The van der Waals surface area contributed by atoms with Crippen molar-refractivity contribution in [3.8, 4) is 0 Å². The number of benzene rings is 1. The number of likely N-dealkylation sites (tertiary alicyclic amines) is 1. The van der Waals surface area contributed by atoms with Crippen LogP contribution in [0.4, 0.5) is 31.9 Å². The maximum atomic E-state index is 14.9. The number of amides is 2.